The second-order valence-corrected chi connectivity index (χ2v) is 5.79. The molecule has 2 heterocycles. The van der Waals surface area contributed by atoms with Gasteiger partial charge in [-0.1, -0.05) is 0 Å². The molecule has 0 aliphatic carbocycles. The molecule has 0 saturated carbocycles. The summed E-state index contributed by atoms with van der Waals surface area (Å²) >= 11 is 7.60. The Hall–Kier alpha value is -0.870. The molecule has 0 bridgehead atoms. The van der Waals surface area contributed by atoms with E-state index in [2.05, 4.69) is 27.6 Å². The fourth-order valence-electron chi connectivity index (χ4n) is 1.69. The summed E-state index contributed by atoms with van der Waals surface area (Å²) in [5.74, 6) is 0.940. The van der Waals surface area contributed by atoms with E-state index in [0.717, 1.165) is 35.4 Å². The van der Waals surface area contributed by atoms with Gasteiger partial charge in [0, 0.05) is 11.9 Å². The highest BCUT2D eigenvalue weighted by Gasteiger charge is 2.07. The van der Waals surface area contributed by atoms with E-state index in [0.29, 0.717) is 0 Å². The van der Waals surface area contributed by atoms with E-state index >= 15 is 0 Å². The van der Waals surface area contributed by atoms with Crippen molar-refractivity contribution in [2.45, 2.75) is 32.1 Å². The zero-order valence-corrected chi connectivity index (χ0v) is 11.6. The fourth-order valence-corrected chi connectivity index (χ4v) is 2.81. The molecule has 2 aromatic rings. The second-order valence-electron chi connectivity index (χ2n) is 4.17. The first-order chi connectivity index (χ1) is 8.18. The molecule has 17 heavy (non-hydrogen) atoms. The van der Waals surface area contributed by atoms with E-state index in [-0.39, 0.29) is 5.38 Å². The Labute approximate surface area is 110 Å². The normalized spacial score (nSPS) is 12.9. The molecule has 0 amide bonds. The molecule has 3 nitrogen and oxygen atoms in total. The summed E-state index contributed by atoms with van der Waals surface area (Å²) in [6.45, 7) is 5.00. The Bertz CT molecular complexity index is 495. The molecule has 5 heteroatoms. The van der Waals surface area contributed by atoms with Crippen molar-refractivity contribution < 1.29 is 0 Å². The number of hydrogen-bond acceptors (Lipinski definition) is 4. The molecule has 1 atom stereocenters. The van der Waals surface area contributed by atoms with Crippen molar-refractivity contribution in [1.82, 2.24) is 9.97 Å². The highest BCUT2D eigenvalue weighted by Crippen LogP contribution is 2.28. The van der Waals surface area contributed by atoms with Crippen molar-refractivity contribution in [2.24, 2.45) is 0 Å². The van der Waals surface area contributed by atoms with Crippen LogP contribution in [0.4, 0.5) is 5.82 Å². The summed E-state index contributed by atoms with van der Waals surface area (Å²) < 4.78 is 1.14. The molecule has 0 fully saturated rings. The van der Waals surface area contributed by atoms with Gasteiger partial charge in [0.2, 0.25) is 0 Å². The zero-order chi connectivity index (χ0) is 12.3. The topological polar surface area (TPSA) is 37.8 Å². The second kappa shape index (κ2) is 5.65. The van der Waals surface area contributed by atoms with Gasteiger partial charge in [-0.25, -0.2) is 9.97 Å². The molecule has 92 valence electrons. The number of fused-ring (bicyclic) bond motifs is 1. The first kappa shape index (κ1) is 12.6. The van der Waals surface area contributed by atoms with Gasteiger partial charge in [0.15, 0.2) is 0 Å². The van der Waals surface area contributed by atoms with Gasteiger partial charge < -0.3 is 5.32 Å². The molecule has 0 spiro atoms. The first-order valence-corrected chi connectivity index (χ1v) is 7.07. The summed E-state index contributed by atoms with van der Waals surface area (Å²) in [6, 6.07) is 0. The predicted octanol–water partition coefficient (Wildman–Crippen LogP) is 3.82. The van der Waals surface area contributed by atoms with Gasteiger partial charge in [-0.15, -0.1) is 22.9 Å². The third-order valence-corrected chi connectivity index (χ3v) is 3.91. The van der Waals surface area contributed by atoms with Crippen LogP contribution in [-0.2, 0) is 0 Å². The van der Waals surface area contributed by atoms with Gasteiger partial charge in [-0.05, 0) is 37.6 Å². The van der Waals surface area contributed by atoms with E-state index in [9.17, 15) is 0 Å². The third kappa shape index (κ3) is 3.07. The average molecular weight is 270 g/mol. The van der Waals surface area contributed by atoms with E-state index in [1.165, 1.54) is 5.56 Å². The highest BCUT2D eigenvalue weighted by atomic mass is 35.5. The lowest BCUT2D eigenvalue weighted by molar-refractivity contribution is 0.749. The molecule has 2 aromatic heterocycles. The number of aryl methyl sites for hydroxylation is 1. The maximum absolute atomic E-state index is 5.91. The van der Waals surface area contributed by atoms with Gasteiger partial charge in [-0.3, -0.25) is 0 Å². The first-order valence-electron chi connectivity index (χ1n) is 5.75. The number of nitrogens with zero attached hydrogens (tertiary/aromatic N) is 2. The number of anilines is 1. The molecule has 2 rings (SSSR count). The molecule has 0 aliphatic rings. The van der Waals surface area contributed by atoms with Crippen LogP contribution in [0.1, 0.15) is 25.3 Å². The van der Waals surface area contributed by atoms with Gasteiger partial charge in [-0.2, -0.15) is 0 Å². The Morgan fingerprint density at radius 2 is 2.29 bits per heavy atom. The van der Waals surface area contributed by atoms with Gasteiger partial charge in [0.05, 0.1) is 10.2 Å². The molecule has 0 aliphatic heterocycles. The molecular formula is C12H16ClN3S. The molecule has 0 radical (unpaired) electrons. The Morgan fingerprint density at radius 1 is 1.47 bits per heavy atom. The van der Waals surface area contributed by atoms with Gasteiger partial charge in [0.25, 0.3) is 0 Å². The summed E-state index contributed by atoms with van der Waals surface area (Å²) in [4.78, 5) is 8.59. The van der Waals surface area contributed by atoms with Crippen LogP contribution < -0.4 is 5.32 Å². The molecule has 0 aromatic carbocycles. The van der Waals surface area contributed by atoms with Crippen LogP contribution in [0, 0.1) is 6.92 Å². The number of rotatable bonds is 5. The lowest BCUT2D eigenvalue weighted by Gasteiger charge is -2.06. The van der Waals surface area contributed by atoms with Crippen LogP contribution in [0.15, 0.2) is 11.7 Å². The Balaban J connectivity index is 2.03. The number of halogens is 1. The summed E-state index contributed by atoms with van der Waals surface area (Å²) in [6.07, 6.45) is 3.70. The van der Waals surface area contributed by atoms with Crippen LogP contribution in [0.5, 0.6) is 0 Å². The number of aromatic nitrogens is 2. The number of alkyl halides is 1. The highest BCUT2D eigenvalue weighted by molar-refractivity contribution is 7.18. The number of hydrogen-bond donors (Lipinski definition) is 1. The average Bonchev–Trinajstić information content (AvgIpc) is 2.67. The van der Waals surface area contributed by atoms with Crippen LogP contribution in [-0.4, -0.2) is 21.9 Å². The predicted molar refractivity (Wildman–Crippen MR) is 75.2 cm³/mol. The van der Waals surface area contributed by atoms with Crippen molar-refractivity contribution in [3.05, 3.63) is 17.3 Å². The largest absolute Gasteiger partial charge is 0.369 e. The zero-order valence-electron chi connectivity index (χ0n) is 10.0. The minimum Gasteiger partial charge on any atom is -0.369 e. The monoisotopic (exact) mass is 269 g/mol. The van der Waals surface area contributed by atoms with E-state index in [4.69, 9.17) is 11.6 Å². The standard InChI is InChI=1S/C12H16ClN3S/c1-8-6-17-11-10(8)15-7-16-12(11)14-5-3-4-9(2)13/h6-7,9H,3-5H2,1-2H3,(H,14,15,16). The Morgan fingerprint density at radius 3 is 3.06 bits per heavy atom. The van der Waals surface area contributed by atoms with E-state index in [1.54, 1.807) is 17.7 Å². The quantitative estimate of drug-likeness (QED) is 0.662. The van der Waals surface area contributed by atoms with Crippen LogP contribution in [0.25, 0.3) is 10.2 Å². The lowest BCUT2D eigenvalue weighted by Crippen LogP contribution is -2.05. The van der Waals surface area contributed by atoms with Crippen molar-refractivity contribution in [1.29, 1.82) is 0 Å². The summed E-state index contributed by atoms with van der Waals surface area (Å²) in [5, 5.41) is 5.72. The van der Waals surface area contributed by atoms with Crippen LogP contribution >= 0.6 is 22.9 Å². The maximum Gasteiger partial charge on any atom is 0.147 e. The smallest absolute Gasteiger partial charge is 0.147 e. The van der Waals surface area contributed by atoms with E-state index < -0.39 is 0 Å². The van der Waals surface area contributed by atoms with Crippen molar-refractivity contribution >= 4 is 39.0 Å². The van der Waals surface area contributed by atoms with Crippen molar-refractivity contribution in [3.8, 4) is 0 Å². The minimum atomic E-state index is 0.242. The molecule has 1 unspecified atom stereocenters. The van der Waals surface area contributed by atoms with Crippen LogP contribution in [0.2, 0.25) is 0 Å². The van der Waals surface area contributed by atoms with Crippen LogP contribution in [0.3, 0.4) is 0 Å². The Kier molecular flexibility index (Phi) is 4.18. The van der Waals surface area contributed by atoms with Gasteiger partial charge in [0.1, 0.15) is 12.1 Å². The maximum atomic E-state index is 5.91. The lowest BCUT2D eigenvalue weighted by atomic mass is 10.2. The number of thiophene rings is 1. The fraction of sp³-hybridized carbons (Fsp3) is 0.500. The van der Waals surface area contributed by atoms with Gasteiger partial charge >= 0.3 is 0 Å². The number of nitrogens with one attached hydrogen (secondary N) is 1. The minimum absolute atomic E-state index is 0.242. The van der Waals surface area contributed by atoms with Crippen molar-refractivity contribution in [3.63, 3.8) is 0 Å². The summed E-state index contributed by atoms with van der Waals surface area (Å²) in [5.41, 5.74) is 2.27. The molecule has 0 saturated heterocycles. The van der Waals surface area contributed by atoms with E-state index in [1.807, 2.05) is 6.92 Å². The molecular weight excluding hydrogens is 254 g/mol. The third-order valence-electron chi connectivity index (χ3n) is 2.60. The SMILES string of the molecule is Cc1csc2c(NCCCC(C)Cl)ncnc12. The molecule has 1 N–H and O–H groups in total. The van der Waals surface area contributed by atoms with Crippen molar-refractivity contribution in [2.75, 3.05) is 11.9 Å². The summed E-state index contributed by atoms with van der Waals surface area (Å²) in [7, 11) is 0.